The van der Waals surface area contributed by atoms with Crippen LogP contribution in [0.15, 0.2) is 24.3 Å². The van der Waals surface area contributed by atoms with Crippen molar-refractivity contribution in [1.29, 1.82) is 0 Å². The second-order valence-electron chi connectivity index (χ2n) is 5.70. The number of rotatable bonds is 4. The van der Waals surface area contributed by atoms with Crippen LogP contribution in [0.2, 0.25) is 0 Å². The van der Waals surface area contributed by atoms with Gasteiger partial charge in [-0.2, -0.15) is 13.2 Å². The molecule has 0 radical (unpaired) electrons. The third-order valence-corrected chi connectivity index (χ3v) is 4.24. The van der Waals surface area contributed by atoms with Crippen molar-refractivity contribution in [3.63, 3.8) is 0 Å². The van der Waals surface area contributed by atoms with Crippen molar-refractivity contribution in [1.82, 2.24) is 0 Å². The Hall–Kier alpha value is -1.23. The van der Waals surface area contributed by atoms with E-state index in [1.807, 2.05) is 31.2 Å². The summed E-state index contributed by atoms with van der Waals surface area (Å²) < 4.78 is 44.1. The third-order valence-electron chi connectivity index (χ3n) is 4.24. The number of benzene rings is 1. The first-order valence-corrected chi connectivity index (χ1v) is 7.47. The van der Waals surface area contributed by atoms with Gasteiger partial charge in [-0.15, -0.1) is 0 Å². The molecule has 1 aromatic carbocycles. The molecule has 0 aromatic heterocycles. The highest BCUT2D eigenvalue weighted by atomic mass is 19.4. The highest BCUT2D eigenvalue weighted by Gasteiger charge is 2.43. The van der Waals surface area contributed by atoms with Crippen molar-refractivity contribution >= 4 is 0 Å². The number of hydrogen-bond donors (Lipinski definition) is 1. The molecule has 0 bridgehead atoms. The maximum atomic E-state index is 12.9. The van der Waals surface area contributed by atoms with E-state index in [2.05, 4.69) is 0 Å². The summed E-state index contributed by atoms with van der Waals surface area (Å²) in [5, 5.41) is 0. The van der Waals surface area contributed by atoms with Crippen LogP contribution in [-0.4, -0.2) is 12.8 Å². The van der Waals surface area contributed by atoms with Gasteiger partial charge in [0.2, 0.25) is 0 Å². The lowest BCUT2D eigenvalue weighted by atomic mass is 9.76. The lowest BCUT2D eigenvalue weighted by molar-refractivity contribution is -0.186. The Labute approximate surface area is 123 Å². The van der Waals surface area contributed by atoms with Crippen molar-refractivity contribution in [2.45, 2.75) is 44.8 Å². The summed E-state index contributed by atoms with van der Waals surface area (Å²) in [7, 11) is 0. The molecule has 0 saturated heterocycles. The Morgan fingerprint density at radius 3 is 2.76 bits per heavy atom. The van der Waals surface area contributed by atoms with Crippen molar-refractivity contribution in [2.75, 3.05) is 6.61 Å². The smallest absolute Gasteiger partial charge is 0.391 e. The van der Waals surface area contributed by atoms with Crippen LogP contribution in [-0.2, 0) is 0 Å². The Bertz CT molecular complexity index is 461. The normalized spacial score (nSPS) is 24.6. The number of halogens is 3. The monoisotopic (exact) mass is 301 g/mol. The summed E-state index contributed by atoms with van der Waals surface area (Å²) in [5.41, 5.74) is 7.07. The van der Waals surface area contributed by atoms with E-state index in [1.54, 1.807) is 0 Å². The minimum Gasteiger partial charge on any atom is -0.494 e. The summed E-state index contributed by atoms with van der Waals surface area (Å²) >= 11 is 0. The van der Waals surface area contributed by atoms with Gasteiger partial charge in [0.15, 0.2) is 0 Å². The first kappa shape index (κ1) is 16.1. The molecule has 1 aromatic rings. The molecule has 0 heterocycles. The van der Waals surface area contributed by atoms with Crippen molar-refractivity contribution in [2.24, 2.45) is 17.6 Å². The van der Waals surface area contributed by atoms with Gasteiger partial charge >= 0.3 is 6.18 Å². The maximum absolute atomic E-state index is 12.9. The number of hydrogen-bond acceptors (Lipinski definition) is 2. The minimum absolute atomic E-state index is 0.123. The molecular weight excluding hydrogens is 279 g/mol. The zero-order valence-corrected chi connectivity index (χ0v) is 12.2. The molecule has 1 aliphatic carbocycles. The first-order valence-electron chi connectivity index (χ1n) is 7.47. The van der Waals surface area contributed by atoms with Gasteiger partial charge in [0, 0.05) is 6.04 Å². The van der Waals surface area contributed by atoms with E-state index >= 15 is 0 Å². The molecule has 1 aliphatic rings. The van der Waals surface area contributed by atoms with Crippen LogP contribution >= 0.6 is 0 Å². The molecule has 0 aliphatic heterocycles. The van der Waals surface area contributed by atoms with E-state index in [0.29, 0.717) is 18.8 Å². The molecule has 2 nitrogen and oxygen atoms in total. The van der Waals surface area contributed by atoms with Gasteiger partial charge in [0.1, 0.15) is 5.75 Å². The topological polar surface area (TPSA) is 35.2 Å². The van der Waals surface area contributed by atoms with Crippen LogP contribution < -0.4 is 10.5 Å². The quantitative estimate of drug-likeness (QED) is 0.891. The van der Waals surface area contributed by atoms with Crippen molar-refractivity contribution in [3.8, 4) is 5.75 Å². The average molecular weight is 301 g/mol. The summed E-state index contributed by atoms with van der Waals surface area (Å²) in [4.78, 5) is 0. The van der Waals surface area contributed by atoms with E-state index in [0.717, 1.165) is 12.0 Å². The predicted molar refractivity (Wildman–Crippen MR) is 76.0 cm³/mol. The summed E-state index contributed by atoms with van der Waals surface area (Å²) in [6.45, 7) is 2.44. The molecule has 0 spiro atoms. The van der Waals surface area contributed by atoms with Crippen LogP contribution in [0.5, 0.6) is 5.75 Å². The van der Waals surface area contributed by atoms with E-state index in [9.17, 15) is 13.2 Å². The molecule has 0 amide bonds. The molecule has 21 heavy (non-hydrogen) atoms. The molecule has 3 unspecified atom stereocenters. The molecule has 2 N–H and O–H groups in total. The Kier molecular flexibility index (Phi) is 5.14. The lowest BCUT2D eigenvalue weighted by Crippen LogP contribution is -2.33. The molecular formula is C16H22F3NO. The van der Waals surface area contributed by atoms with Crippen LogP contribution in [0.25, 0.3) is 0 Å². The fourth-order valence-corrected chi connectivity index (χ4v) is 3.10. The third kappa shape index (κ3) is 4.13. The van der Waals surface area contributed by atoms with Gasteiger partial charge in [0.05, 0.1) is 12.5 Å². The number of alkyl halides is 3. The molecule has 118 valence electrons. The zero-order valence-electron chi connectivity index (χ0n) is 12.2. The second-order valence-corrected chi connectivity index (χ2v) is 5.70. The van der Waals surface area contributed by atoms with Crippen LogP contribution in [0.1, 0.15) is 44.2 Å². The van der Waals surface area contributed by atoms with Gasteiger partial charge in [-0.25, -0.2) is 0 Å². The van der Waals surface area contributed by atoms with Gasteiger partial charge in [-0.1, -0.05) is 18.6 Å². The van der Waals surface area contributed by atoms with Crippen molar-refractivity contribution < 1.29 is 17.9 Å². The number of ether oxygens (including phenoxy) is 1. The summed E-state index contributed by atoms with van der Waals surface area (Å²) in [6, 6.07) is 7.01. The molecule has 1 fully saturated rings. The van der Waals surface area contributed by atoms with Gasteiger partial charge in [0.25, 0.3) is 0 Å². The van der Waals surface area contributed by atoms with E-state index in [1.165, 1.54) is 0 Å². The number of nitrogens with two attached hydrogens (primary N) is 1. The standard InChI is InChI=1S/C16H22F3NO/c1-2-21-14-8-4-6-12(10-14)15(20)11-5-3-7-13(9-11)16(17,18)19/h4,6,8,10-11,13,15H,2-3,5,7,9,20H2,1H3. The zero-order chi connectivity index (χ0) is 15.5. The average Bonchev–Trinajstić information content (AvgIpc) is 2.46. The highest BCUT2D eigenvalue weighted by molar-refractivity contribution is 5.30. The van der Waals surface area contributed by atoms with Gasteiger partial charge in [-0.05, 0) is 49.8 Å². The van der Waals surface area contributed by atoms with E-state index in [-0.39, 0.29) is 24.8 Å². The molecule has 3 atom stereocenters. The molecule has 5 heteroatoms. The lowest BCUT2D eigenvalue weighted by Gasteiger charge is -2.34. The predicted octanol–water partition coefficient (Wildman–Crippen LogP) is 4.45. The maximum Gasteiger partial charge on any atom is 0.391 e. The molecule has 1 saturated carbocycles. The fourth-order valence-electron chi connectivity index (χ4n) is 3.10. The largest absolute Gasteiger partial charge is 0.494 e. The van der Waals surface area contributed by atoms with Gasteiger partial charge < -0.3 is 10.5 Å². The Morgan fingerprint density at radius 1 is 1.33 bits per heavy atom. The SMILES string of the molecule is CCOc1cccc(C(N)C2CCCC(C(F)(F)F)C2)c1. The minimum atomic E-state index is -4.11. The highest BCUT2D eigenvalue weighted by Crippen LogP contribution is 2.43. The Balaban J connectivity index is 2.08. The van der Waals surface area contributed by atoms with Gasteiger partial charge in [-0.3, -0.25) is 0 Å². The second kappa shape index (κ2) is 6.69. The first-order chi connectivity index (χ1) is 9.91. The van der Waals surface area contributed by atoms with E-state index in [4.69, 9.17) is 10.5 Å². The van der Waals surface area contributed by atoms with Crippen LogP contribution in [0.3, 0.4) is 0 Å². The summed E-state index contributed by atoms with van der Waals surface area (Å²) in [6.07, 6.45) is -2.40. The molecule has 2 rings (SSSR count). The van der Waals surface area contributed by atoms with E-state index < -0.39 is 12.1 Å². The fraction of sp³-hybridized carbons (Fsp3) is 0.625. The van der Waals surface area contributed by atoms with Crippen LogP contribution in [0, 0.1) is 11.8 Å². The Morgan fingerprint density at radius 2 is 2.10 bits per heavy atom. The summed E-state index contributed by atoms with van der Waals surface area (Å²) in [5.74, 6) is -0.617. The van der Waals surface area contributed by atoms with Crippen LogP contribution in [0.4, 0.5) is 13.2 Å². The van der Waals surface area contributed by atoms with Crippen molar-refractivity contribution in [3.05, 3.63) is 29.8 Å².